The molecule has 10 heavy (non-hydrogen) atoms. The lowest BCUT2D eigenvalue weighted by Crippen LogP contribution is -2.34. The van der Waals surface area contributed by atoms with Crippen molar-refractivity contribution < 1.29 is 9.90 Å². The largest absolute Gasteiger partial charge is 0.480 e. The van der Waals surface area contributed by atoms with Gasteiger partial charge in [0, 0.05) is 0 Å². The number of fused-ring (bicyclic) bond motifs is 1. The molecule has 1 saturated carbocycles. The molecular weight excluding hydrogens is 154 g/mol. The minimum absolute atomic E-state index is 0. The Kier molecular flexibility index (Phi) is 1.88. The molecule has 0 radical (unpaired) electrons. The van der Waals surface area contributed by atoms with Crippen molar-refractivity contribution >= 4 is 18.4 Å². The zero-order chi connectivity index (χ0) is 6.43. The topological polar surface area (TPSA) is 49.3 Å². The summed E-state index contributed by atoms with van der Waals surface area (Å²) in [5.74, 6) is 0.466. The van der Waals surface area contributed by atoms with Crippen LogP contribution in [0, 0.1) is 11.8 Å². The molecule has 0 bridgehead atoms. The lowest BCUT2D eigenvalue weighted by molar-refractivity contribution is -0.139. The summed E-state index contributed by atoms with van der Waals surface area (Å²) in [6.45, 7) is 0.918. The summed E-state index contributed by atoms with van der Waals surface area (Å²) >= 11 is 0. The van der Waals surface area contributed by atoms with Crippen molar-refractivity contribution in [3.05, 3.63) is 0 Å². The molecule has 2 N–H and O–H groups in total. The number of piperidine rings is 1. The van der Waals surface area contributed by atoms with E-state index in [9.17, 15) is 4.79 Å². The van der Waals surface area contributed by atoms with E-state index >= 15 is 0 Å². The molecule has 0 amide bonds. The Labute approximate surface area is 65.2 Å². The second-order valence-electron chi connectivity index (χ2n) is 2.88. The van der Waals surface area contributed by atoms with Gasteiger partial charge in [-0.2, -0.15) is 0 Å². The molecule has 2 rings (SSSR count). The van der Waals surface area contributed by atoms with Crippen LogP contribution < -0.4 is 5.32 Å². The molecule has 0 spiro atoms. The van der Waals surface area contributed by atoms with Crippen LogP contribution >= 0.6 is 12.4 Å². The molecule has 0 aromatic heterocycles. The third-order valence-corrected chi connectivity index (χ3v) is 2.27. The SMILES string of the molecule is Cl.O=C(O)C1NC[C@@H]2C[C@@H]12. The van der Waals surface area contributed by atoms with Crippen LogP contribution in [0.3, 0.4) is 0 Å². The van der Waals surface area contributed by atoms with E-state index in [1.165, 1.54) is 0 Å². The quantitative estimate of drug-likeness (QED) is 0.577. The number of aliphatic carboxylic acids is 1. The predicted molar refractivity (Wildman–Crippen MR) is 38.3 cm³/mol. The van der Waals surface area contributed by atoms with E-state index in [1.807, 2.05) is 0 Å². The van der Waals surface area contributed by atoms with Crippen molar-refractivity contribution in [2.45, 2.75) is 12.5 Å². The van der Waals surface area contributed by atoms with Crippen LogP contribution in [0.1, 0.15) is 6.42 Å². The number of halogens is 1. The van der Waals surface area contributed by atoms with Gasteiger partial charge in [-0.1, -0.05) is 0 Å². The molecule has 2 fully saturated rings. The van der Waals surface area contributed by atoms with Gasteiger partial charge in [-0.25, -0.2) is 0 Å². The number of hydrogen-bond donors (Lipinski definition) is 2. The van der Waals surface area contributed by atoms with Gasteiger partial charge in [-0.3, -0.25) is 4.79 Å². The Morgan fingerprint density at radius 3 is 2.50 bits per heavy atom. The lowest BCUT2D eigenvalue weighted by Gasteiger charge is -2.04. The second-order valence-corrected chi connectivity index (χ2v) is 2.88. The smallest absolute Gasteiger partial charge is 0.320 e. The molecule has 1 heterocycles. The number of carbonyl (C=O) groups is 1. The standard InChI is InChI=1S/C6H9NO2.ClH/c8-6(9)5-4-1-3(4)2-7-5;/h3-5,7H,1-2H2,(H,8,9);1H/t3-,4+,5?;/m0./s1. The van der Waals surface area contributed by atoms with Crippen molar-refractivity contribution in [3.63, 3.8) is 0 Å². The third kappa shape index (κ3) is 0.995. The minimum Gasteiger partial charge on any atom is -0.480 e. The highest BCUT2D eigenvalue weighted by Gasteiger charge is 2.51. The Hall–Kier alpha value is -0.280. The molecule has 58 valence electrons. The summed E-state index contributed by atoms with van der Waals surface area (Å²) in [4.78, 5) is 10.4. The average Bonchev–Trinajstić information content (AvgIpc) is 2.43. The summed E-state index contributed by atoms with van der Waals surface area (Å²) in [7, 11) is 0. The zero-order valence-corrected chi connectivity index (χ0v) is 6.23. The number of nitrogens with one attached hydrogen (secondary N) is 1. The molecule has 0 aromatic rings. The van der Waals surface area contributed by atoms with Crippen LogP contribution in [0.5, 0.6) is 0 Å². The minimum atomic E-state index is -0.681. The summed E-state index contributed by atoms with van der Waals surface area (Å²) in [5, 5.41) is 11.5. The lowest BCUT2D eigenvalue weighted by atomic mass is 10.2. The van der Waals surface area contributed by atoms with Crippen molar-refractivity contribution in [1.82, 2.24) is 5.32 Å². The van der Waals surface area contributed by atoms with Gasteiger partial charge in [0.2, 0.25) is 0 Å². The maximum atomic E-state index is 10.4. The molecule has 0 aromatic carbocycles. The van der Waals surface area contributed by atoms with Crippen LogP contribution in [0.4, 0.5) is 0 Å². The first-order valence-corrected chi connectivity index (χ1v) is 3.25. The zero-order valence-electron chi connectivity index (χ0n) is 5.41. The van der Waals surface area contributed by atoms with Gasteiger partial charge in [0.05, 0.1) is 0 Å². The predicted octanol–water partition coefficient (Wildman–Crippen LogP) is 0.101. The van der Waals surface area contributed by atoms with Crippen LogP contribution in [-0.2, 0) is 4.79 Å². The maximum Gasteiger partial charge on any atom is 0.320 e. The molecule has 3 atom stereocenters. The number of carboxylic acid groups (broad SMARTS) is 1. The maximum absolute atomic E-state index is 10.4. The van der Waals surface area contributed by atoms with E-state index in [1.54, 1.807) is 0 Å². The third-order valence-electron chi connectivity index (χ3n) is 2.27. The molecule has 1 saturated heterocycles. The molecule has 4 heteroatoms. The monoisotopic (exact) mass is 163 g/mol. The normalized spacial score (nSPS) is 41.8. The van der Waals surface area contributed by atoms with Crippen molar-refractivity contribution in [1.29, 1.82) is 0 Å². The van der Waals surface area contributed by atoms with E-state index in [4.69, 9.17) is 5.11 Å². The summed E-state index contributed by atoms with van der Waals surface area (Å²) < 4.78 is 0. The molecule has 3 nitrogen and oxygen atoms in total. The fraction of sp³-hybridized carbons (Fsp3) is 0.833. The molecule has 2 aliphatic rings. The van der Waals surface area contributed by atoms with E-state index < -0.39 is 5.97 Å². The Morgan fingerprint density at radius 2 is 2.30 bits per heavy atom. The first kappa shape index (κ1) is 7.82. The summed E-state index contributed by atoms with van der Waals surface area (Å²) in [6, 6.07) is -0.227. The summed E-state index contributed by atoms with van der Waals surface area (Å²) in [6.07, 6.45) is 1.13. The summed E-state index contributed by atoms with van der Waals surface area (Å²) in [5.41, 5.74) is 0. The number of carboxylic acids is 1. The highest BCUT2D eigenvalue weighted by Crippen LogP contribution is 2.44. The van der Waals surface area contributed by atoms with Gasteiger partial charge < -0.3 is 10.4 Å². The van der Waals surface area contributed by atoms with Gasteiger partial charge in [-0.15, -0.1) is 12.4 Å². The Morgan fingerprint density at radius 1 is 1.60 bits per heavy atom. The van der Waals surface area contributed by atoms with E-state index in [2.05, 4.69) is 5.32 Å². The van der Waals surface area contributed by atoms with Crippen LogP contribution in [0.25, 0.3) is 0 Å². The Balaban J connectivity index is 0.000000500. The van der Waals surface area contributed by atoms with Gasteiger partial charge >= 0.3 is 5.97 Å². The van der Waals surface area contributed by atoms with E-state index in [0.29, 0.717) is 11.8 Å². The number of hydrogen-bond acceptors (Lipinski definition) is 2. The van der Waals surface area contributed by atoms with Gasteiger partial charge in [0.15, 0.2) is 0 Å². The fourth-order valence-electron chi connectivity index (χ4n) is 1.61. The highest BCUT2D eigenvalue weighted by atomic mass is 35.5. The first-order valence-electron chi connectivity index (χ1n) is 3.25. The van der Waals surface area contributed by atoms with Crippen LogP contribution in [0.15, 0.2) is 0 Å². The van der Waals surface area contributed by atoms with E-state index in [0.717, 1.165) is 13.0 Å². The van der Waals surface area contributed by atoms with Crippen molar-refractivity contribution in [3.8, 4) is 0 Å². The Bertz CT molecular complexity index is 162. The number of rotatable bonds is 1. The average molecular weight is 164 g/mol. The van der Waals surface area contributed by atoms with Crippen LogP contribution in [-0.4, -0.2) is 23.7 Å². The van der Waals surface area contributed by atoms with Crippen molar-refractivity contribution in [2.24, 2.45) is 11.8 Å². The van der Waals surface area contributed by atoms with Crippen LogP contribution in [0.2, 0.25) is 0 Å². The van der Waals surface area contributed by atoms with E-state index in [-0.39, 0.29) is 18.4 Å². The molecular formula is C6H10ClNO2. The fourth-order valence-corrected chi connectivity index (χ4v) is 1.61. The molecule has 1 aliphatic heterocycles. The van der Waals surface area contributed by atoms with Gasteiger partial charge in [0.1, 0.15) is 6.04 Å². The van der Waals surface area contributed by atoms with Gasteiger partial charge in [0.25, 0.3) is 0 Å². The second kappa shape index (κ2) is 2.40. The first-order chi connectivity index (χ1) is 4.29. The molecule has 1 unspecified atom stereocenters. The molecule has 1 aliphatic carbocycles. The van der Waals surface area contributed by atoms with Gasteiger partial charge in [-0.05, 0) is 24.8 Å². The highest BCUT2D eigenvalue weighted by molar-refractivity contribution is 5.85. The van der Waals surface area contributed by atoms with Crippen molar-refractivity contribution in [2.75, 3.05) is 6.54 Å².